The third-order valence-corrected chi connectivity index (χ3v) is 4.78. The number of hydrogen-bond donors (Lipinski definition) is 1. The van der Waals surface area contributed by atoms with Crippen molar-refractivity contribution in [2.75, 3.05) is 0 Å². The zero-order chi connectivity index (χ0) is 19.4. The van der Waals surface area contributed by atoms with Crippen molar-refractivity contribution >= 4 is 40.6 Å². The molecule has 6 heteroatoms. The summed E-state index contributed by atoms with van der Waals surface area (Å²) < 4.78 is 0. The lowest BCUT2D eigenvalue weighted by atomic mass is 10.1. The number of carbonyl (C=O) groups excluding carboxylic acids is 2. The number of nitrogens with zero attached hydrogens (tertiary/aromatic N) is 1. The van der Waals surface area contributed by atoms with Crippen molar-refractivity contribution in [1.29, 1.82) is 0 Å². The second-order valence-corrected chi connectivity index (χ2v) is 7.10. The van der Waals surface area contributed by atoms with E-state index in [4.69, 9.17) is 0 Å². The van der Waals surface area contributed by atoms with Crippen LogP contribution in [-0.4, -0.2) is 17.0 Å². The Balaban J connectivity index is 1.83. The number of amides is 1. The van der Waals surface area contributed by atoms with E-state index < -0.39 is 5.97 Å². The van der Waals surface area contributed by atoms with Gasteiger partial charge in [-0.25, -0.2) is 4.99 Å². The van der Waals surface area contributed by atoms with E-state index in [0.717, 1.165) is 16.7 Å². The smallest absolute Gasteiger partial charge is 0.264 e. The molecule has 0 aliphatic carbocycles. The molecule has 0 bridgehead atoms. The largest absolute Gasteiger partial charge is 0.545 e. The molecule has 1 aliphatic heterocycles. The molecule has 2 aromatic carbocycles. The van der Waals surface area contributed by atoms with Crippen LogP contribution in [0.25, 0.3) is 6.08 Å². The summed E-state index contributed by atoms with van der Waals surface area (Å²) in [7, 11) is 0. The van der Waals surface area contributed by atoms with Crippen molar-refractivity contribution < 1.29 is 14.7 Å². The van der Waals surface area contributed by atoms with E-state index in [1.165, 1.54) is 23.9 Å². The summed E-state index contributed by atoms with van der Waals surface area (Å²) in [5.41, 5.74) is 3.33. The summed E-state index contributed by atoms with van der Waals surface area (Å²) in [5.74, 6) is -1.49. The molecule has 0 atom stereocenters. The Morgan fingerprint density at radius 1 is 1.19 bits per heavy atom. The second-order valence-electron chi connectivity index (χ2n) is 6.07. The number of rotatable bonds is 4. The highest BCUT2D eigenvalue weighted by atomic mass is 32.2. The minimum atomic E-state index is -1.26. The van der Waals surface area contributed by atoms with Crippen LogP contribution in [0.5, 0.6) is 0 Å². The van der Waals surface area contributed by atoms with E-state index in [-0.39, 0.29) is 11.5 Å². The van der Waals surface area contributed by atoms with Crippen LogP contribution in [0.4, 0.5) is 5.69 Å². The first kappa shape index (κ1) is 18.7. The first-order chi connectivity index (χ1) is 12.9. The van der Waals surface area contributed by atoms with E-state index >= 15 is 0 Å². The van der Waals surface area contributed by atoms with Crippen LogP contribution in [0, 0.1) is 6.92 Å². The number of aromatic carboxylic acids is 1. The van der Waals surface area contributed by atoms with Crippen molar-refractivity contribution in [2.24, 2.45) is 4.99 Å². The maximum Gasteiger partial charge on any atom is 0.264 e. The van der Waals surface area contributed by atoms with Crippen LogP contribution in [0.3, 0.4) is 0 Å². The third-order valence-electron chi connectivity index (χ3n) is 3.87. The number of aliphatic imine (C=N–C) groups is 1. The van der Waals surface area contributed by atoms with Crippen molar-refractivity contribution in [3.05, 3.63) is 81.8 Å². The van der Waals surface area contributed by atoms with Crippen LogP contribution >= 0.6 is 11.8 Å². The molecule has 0 radical (unpaired) electrons. The second kappa shape index (κ2) is 8.05. The highest BCUT2D eigenvalue weighted by Gasteiger charge is 2.23. The first-order valence-electron chi connectivity index (χ1n) is 8.27. The fraction of sp³-hybridized carbons (Fsp3) is 0.0952. The average Bonchev–Trinajstić information content (AvgIpc) is 2.96. The normalized spacial score (nSPS) is 17.4. The molecule has 0 unspecified atom stereocenters. The van der Waals surface area contributed by atoms with Gasteiger partial charge in [0.05, 0.1) is 16.6 Å². The number of hydrogen-bond acceptors (Lipinski definition) is 5. The Morgan fingerprint density at radius 2 is 1.93 bits per heavy atom. The molecule has 1 aliphatic rings. The Labute approximate surface area is 161 Å². The van der Waals surface area contributed by atoms with Gasteiger partial charge in [-0.2, -0.15) is 0 Å². The Morgan fingerprint density at radius 3 is 2.63 bits per heavy atom. The standard InChI is InChI=1S/C21H18N2O3S/c1-13(10-15-6-4-3-5-7-15)11-18-19(24)23-21(27-18)22-17-12-16(20(25)26)9-8-14(17)2/h3-12H,1-2H3,(H,25,26)(H,22,23,24)/p-1/b13-10+,18-11-. The minimum Gasteiger partial charge on any atom is -0.545 e. The number of nitrogens with one attached hydrogen (secondary N) is 1. The molecule has 0 saturated carbocycles. The highest BCUT2D eigenvalue weighted by Crippen LogP contribution is 2.29. The number of benzene rings is 2. The van der Waals surface area contributed by atoms with Crippen LogP contribution in [0.15, 0.2) is 70.1 Å². The molecule has 0 spiro atoms. The zero-order valence-corrected chi connectivity index (χ0v) is 15.7. The van der Waals surface area contributed by atoms with Gasteiger partial charge in [0.2, 0.25) is 0 Å². The number of carboxylic acids is 1. The van der Waals surface area contributed by atoms with Gasteiger partial charge in [0, 0.05) is 0 Å². The van der Waals surface area contributed by atoms with Gasteiger partial charge >= 0.3 is 0 Å². The molecular weight excluding hydrogens is 360 g/mol. The number of thioether (sulfide) groups is 1. The van der Waals surface area contributed by atoms with Gasteiger partial charge in [-0.15, -0.1) is 0 Å². The van der Waals surface area contributed by atoms with Crippen molar-refractivity contribution in [1.82, 2.24) is 5.32 Å². The molecule has 1 N–H and O–H groups in total. The topological polar surface area (TPSA) is 81.6 Å². The summed E-state index contributed by atoms with van der Waals surface area (Å²) in [4.78, 5) is 28.2. The first-order valence-corrected chi connectivity index (χ1v) is 9.09. The predicted octanol–water partition coefficient (Wildman–Crippen LogP) is 3.20. The van der Waals surface area contributed by atoms with Crippen LogP contribution in [0.1, 0.15) is 28.4 Å². The van der Waals surface area contributed by atoms with Crippen LogP contribution in [0.2, 0.25) is 0 Å². The average molecular weight is 377 g/mol. The quantitative estimate of drug-likeness (QED) is 0.830. The maximum atomic E-state index is 12.2. The summed E-state index contributed by atoms with van der Waals surface area (Å²) >= 11 is 1.22. The number of allylic oxidation sites excluding steroid dienone is 2. The van der Waals surface area contributed by atoms with Gasteiger partial charge in [0.1, 0.15) is 0 Å². The van der Waals surface area contributed by atoms with Crippen molar-refractivity contribution in [3.8, 4) is 0 Å². The molecule has 1 amide bonds. The van der Waals surface area contributed by atoms with Gasteiger partial charge in [0.25, 0.3) is 5.91 Å². The maximum absolute atomic E-state index is 12.2. The number of aryl methyl sites for hydroxylation is 1. The predicted molar refractivity (Wildman–Crippen MR) is 107 cm³/mol. The molecule has 5 nitrogen and oxygen atoms in total. The Bertz CT molecular complexity index is 992. The van der Waals surface area contributed by atoms with Gasteiger partial charge in [0.15, 0.2) is 5.17 Å². The van der Waals surface area contributed by atoms with E-state index in [9.17, 15) is 14.7 Å². The summed E-state index contributed by atoms with van der Waals surface area (Å²) in [6.07, 6.45) is 3.80. The molecule has 1 fully saturated rings. The lowest BCUT2D eigenvalue weighted by molar-refractivity contribution is -0.255. The monoisotopic (exact) mass is 377 g/mol. The van der Waals surface area contributed by atoms with Gasteiger partial charge in [-0.1, -0.05) is 48.5 Å². The van der Waals surface area contributed by atoms with Crippen molar-refractivity contribution in [3.63, 3.8) is 0 Å². The number of amidine groups is 1. The van der Waals surface area contributed by atoms with Crippen molar-refractivity contribution in [2.45, 2.75) is 13.8 Å². The van der Waals surface area contributed by atoms with Crippen LogP contribution < -0.4 is 10.4 Å². The minimum absolute atomic E-state index is 0.0478. The highest BCUT2D eigenvalue weighted by molar-refractivity contribution is 8.18. The SMILES string of the molecule is CC(/C=C1\SC(=Nc2cc(C(=O)[O-])ccc2C)NC1=O)=C\c1ccccc1. The summed E-state index contributed by atoms with van der Waals surface area (Å²) in [6, 6.07) is 14.4. The zero-order valence-electron chi connectivity index (χ0n) is 14.9. The summed E-state index contributed by atoms with van der Waals surface area (Å²) in [5, 5.41) is 14.2. The molecule has 1 saturated heterocycles. The molecule has 1 heterocycles. The van der Waals surface area contributed by atoms with Gasteiger partial charge in [-0.05, 0) is 60.0 Å². The fourth-order valence-electron chi connectivity index (χ4n) is 2.51. The van der Waals surface area contributed by atoms with Crippen LogP contribution in [-0.2, 0) is 4.79 Å². The van der Waals surface area contributed by atoms with E-state index in [0.29, 0.717) is 15.8 Å². The molecule has 2 aromatic rings. The van der Waals surface area contributed by atoms with Gasteiger partial charge in [-0.3, -0.25) is 4.79 Å². The molecule has 3 rings (SSSR count). The Kier molecular flexibility index (Phi) is 5.57. The molecule has 136 valence electrons. The lowest BCUT2D eigenvalue weighted by Crippen LogP contribution is -2.22. The molecule has 0 aromatic heterocycles. The summed E-state index contributed by atoms with van der Waals surface area (Å²) in [6.45, 7) is 3.75. The fourth-order valence-corrected chi connectivity index (χ4v) is 3.39. The number of carbonyl (C=O) groups is 2. The Hall–Kier alpha value is -3.12. The molecule has 27 heavy (non-hydrogen) atoms. The molecular formula is C21H17N2O3S-. The van der Waals surface area contributed by atoms with E-state index in [2.05, 4.69) is 10.3 Å². The lowest BCUT2D eigenvalue weighted by Gasteiger charge is -2.06. The number of carboxylic acid groups (broad SMARTS) is 1. The van der Waals surface area contributed by atoms with Gasteiger partial charge < -0.3 is 15.2 Å². The third kappa shape index (κ3) is 4.74. The van der Waals surface area contributed by atoms with E-state index in [1.807, 2.05) is 50.3 Å². The van der Waals surface area contributed by atoms with E-state index in [1.54, 1.807) is 12.1 Å².